The molecule has 0 saturated heterocycles. The molecule has 0 bridgehead atoms. The lowest BCUT2D eigenvalue weighted by Gasteiger charge is -1.80. The van der Waals surface area contributed by atoms with Crippen LogP contribution in [-0.2, 0) is 0 Å². The first kappa shape index (κ1) is 3.61. The third-order valence-electron chi connectivity index (χ3n) is 0.580. The second-order valence-corrected chi connectivity index (χ2v) is 1.89. The maximum absolute atomic E-state index is 7.01. The first-order valence-corrected chi connectivity index (χ1v) is 2.66. The van der Waals surface area contributed by atoms with E-state index in [1.165, 1.54) is 6.20 Å². The lowest BCUT2D eigenvalue weighted by Crippen LogP contribution is -1.66. The number of hydrogen-bond acceptors (Lipinski definition) is 1. The van der Waals surface area contributed by atoms with Crippen LogP contribution in [0.5, 0.6) is 0 Å². The Hall–Kier alpha value is -0.370. The molecule has 0 unspecified atom stereocenters. The fourth-order valence-corrected chi connectivity index (χ4v) is 0.536. The van der Waals surface area contributed by atoms with E-state index in [2.05, 4.69) is 20.9 Å². The summed E-state index contributed by atoms with van der Waals surface area (Å²) in [4.78, 5) is 3.81. The van der Waals surface area contributed by atoms with Crippen molar-refractivity contribution in [1.29, 1.82) is 0 Å². The quantitative estimate of drug-likeness (QED) is 0.527. The van der Waals surface area contributed by atoms with E-state index in [1.54, 1.807) is 12.1 Å². The van der Waals surface area contributed by atoms with Crippen molar-refractivity contribution in [3.63, 3.8) is 0 Å². The normalized spacial score (nSPS) is 10.7. The van der Waals surface area contributed by atoms with Crippen LogP contribution in [0.3, 0.4) is 0 Å². The molecule has 36 valence electrons. The first-order chi connectivity index (χ1) is 3.79. The van der Waals surface area contributed by atoms with Crippen LogP contribution in [-0.4, -0.2) is 4.98 Å². The number of rotatable bonds is 0. The maximum Gasteiger partial charge on any atom is 0.106 e. The molecule has 0 aliphatic heterocycles. The molecule has 0 radical (unpaired) electrons. The monoisotopic (exact) mass is 159 g/mol. The molecule has 0 aliphatic carbocycles. The van der Waals surface area contributed by atoms with E-state index in [0.717, 1.165) is 4.60 Å². The molecule has 0 aromatic carbocycles. The lowest BCUT2D eigenvalue weighted by molar-refractivity contribution is 1.28. The van der Waals surface area contributed by atoms with Gasteiger partial charge in [-0.15, -0.1) is 0 Å². The van der Waals surface area contributed by atoms with E-state index < -0.39 is 0 Å². The highest BCUT2D eigenvalue weighted by Crippen LogP contribution is 2.00. The van der Waals surface area contributed by atoms with Gasteiger partial charge >= 0.3 is 0 Å². The van der Waals surface area contributed by atoms with Crippen LogP contribution in [0.4, 0.5) is 0 Å². The lowest BCUT2D eigenvalue weighted by atomic mass is 10.5. The standard InChI is InChI=1S/C5H4BrN/c6-5-3-1-2-4-7-5/h1-4H/i2T. The van der Waals surface area contributed by atoms with E-state index in [-0.39, 0.29) is 0 Å². The summed E-state index contributed by atoms with van der Waals surface area (Å²) in [7, 11) is 0. The molecule has 0 fully saturated rings. The van der Waals surface area contributed by atoms with Crippen LogP contribution in [0.15, 0.2) is 29.0 Å². The van der Waals surface area contributed by atoms with Crippen LogP contribution in [0.2, 0.25) is 0 Å². The number of aromatic nitrogens is 1. The van der Waals surface area contributed by atoms with Crippen LogP contribution < -0.4 is 0 Å². The fourth-order valence-electron chi connectivity index (χ4n) is 0.302. The third-order valence-corrected chi connectivity index (χ3v) is 1.05. The molecule has 1 nitrogen and oxygen atoms in total. The summed E-state index contributed by atoms with van der Waals surface area (Å²) in [6.45, 7) is 0. The summed E-state index contributed by atoms with van der Waals surface area (Å²) in [5.74, 6) is 0. The van der Waals surface area contributed by atoms with Crippen molar-refractivity contribution in [3.8, 4) is 0 Å². The van der Waals surface area contributed by atoms with Gasteiger partial charge in [0.05, 0.1) is 1.37 Å². The highest BCUT2D eigenvalue weighted by molar-refractivity contribution is 9.10. The second kappa shape index (κ2) is 2.07. The molecule has 2 heteroatoms. The minimum atomic E-state index is 0.438. The molecule has 0 N–H and O–H groups in total. The molecule has 1 aromatic rings. The van der Waals surface area contributed by atoms with Gasteiger partial charge in [0.15, 0.2) is 0 Å². The zero-order valence-electron chi connectivity index (χ0n) is 4.56. The molecule has 1 aromatic heterocycles. The Morgan fingerprint density at radius 2 is 2.71 bits per heavy atom. The van der Waals surface area contributed by atoms with Crippen LogP contribution in [0, 0.1) is 0 Å². The molecule has 0 atom stereocenters. The molecule has 7 heavy (non-hydrogen) atoms. The van der Waals surface area contributed by atoms with Crippen LogP contribution >= 0.6 is 15.9 Å². The van der Waals surface area contributed by atoms with E-state index in [9.17, 15) is 0 Å². The van der Waals surface area contributed by atoms with Gasteiger partial charge in [0.2, 0.25) is 0 Å². The average Bonchev–Trinajstić information content (AvgIpc) is 1.77. The molecule has 0 aliphatic rings. The van der Waals surface area contributed by atoms with Crippen molar-refractivity contribution in [2.24, 2.45) is 0 Å². The van der Waals surface area contributed by atoms with Crippen molar-refractivity contribution in [2.75, 3.05) is 0 Å². The van der Waals surface area contributed by atoms with Gasteiger partial charge in [0.25, 0.3) is 0 Å². The van der Waals surface area contributed by atoms with Crippen molar-refractivity contribution in [3.05, 3.63) is 29.0 Å². The predicted octanol–water partition coefficient (Wildman–Crippen LogP) is 1.84. The van der Waals surface area contributed by atoms with E-state index in [4.69, 9.17) is 1.37 Å². The van der Waals surface area contributed by atoms with Gasteiger partial charge in [-0.1, -0.05) is 6.07 Å². The van der Waals surface area contributed by atoms with Crippen LogP contribution in [0.1, 0.15) is 1.37 Å². The SMILES string of the molecule is [3H]c1ccc(Br)nc1. The number of halogens is 1. The Balaban J connectivity index is 3.03. The molecule has 0 amide bonds. The summed E-state index contributed by atoms with van der Waals surface area (Å²) in [6.07, 6.45) is 1.49. The topological polar surface area (TPSA) is 12.9 Å². The van der Waals surface area contributed by atoms with Gasteiger partial charge in [0, 0.05) is 6.20 Å². The fraction of sp³-hybridized carbons (Fsp3) is 0. The summed E-state index contributed by atoms with van der Waals surface area (Å²) in [5.41, 5.74) is 0. The first-order valence-electron chi connectivity index (χ1n) is 2.37. The van der Waals surface area contributed by atoms with Crippen molar-refractivity contribution >= 4 is 15.9 Å². The summed E-state index contributed by atoms with van der Waals surface area (Å²) >= 11 is 3.15. The van der Waals surface area contributed by atoms with Crippen molar-refractivity contribution in [1.82, 2.24) is 4.98 Å². The summed E-state index contributed by atoms with van der Waals surface area (Å²) < 4.78 is 7.78. The maximum atomic E-state index is 7.01. The minimum absolute atomic E-state index is 0.438. The van der Waals surface area contributed by atoms with Gasteiger partial charge < -0.3 is 0 Å². The Morgan fingerprint density at radius 1 is 1.86 bits per heavy atom. The number of hydrogen-bond donors (Lipinski definition) is 0. The summed E-state index contributed by atoms with van der Waals surface area (Å²) in [6, 6.07) is 3.85. The highest BCUT2D eigenvalue weighted by Gasteiger charge is 1.75. The molecule has 0 saturated carbocycles. The second-order valence-electron chi connectivity index (χ2n) is 1.08. The van der Waals surface area contributed by atoms with E-state index in [0.29, 0.717) is 6.04 Å². The molecule has 0 spiro atoms. The predicted molar refractivity (Wildman–Crippen MR) is 31.9 cm³/mol. The van der Waals surface area contributed by atoms with Crippen LogP contribution in [0.25, 0.3) is 0 Å². The molecule has 1 heterocycles. The third kappa shape index (κ3) is 1.27. The smallest absolute Gasteiger partial charge is 0.106 e. The average molecular weight is 160 g/mol. The van der Waals surface area contributed by atoms with Gasteiger partial charge in [-0.05, 0) is 28.0 Å². The van der Waals surface area contributed by atoms with Gasteiger partial charge in [-0.25, -0.2) is 4.98 Å². The van der Waals surface area contributed by atoms with Crippen molar-refractivity contribution < 1.29 is 1.37 Å². The zero-order chi connectivity index (χ0) is 5.98. The Morgan fingerprint density at radius 3 is 3.14 bits per heavy atom. The molecular weight excluding hydrogens is 154 g/mol. The number of nitrogens with zero attached hydrogens (tertiary/aromatic N) is 1. The summed E-state index contributed by atoms with van der Waals surface area (Å²) in [5, 5.41) is 0. The van der Waals surface area contributed by atoms with Crippen molar-refractivity contribution in [2.45, 2.75) is 0 Å². The van der Waals surface area contributed by atoms with Gasteiger partial charge in [-0.2, -0.15) is 0 Å². The Labute approximate surface area is 51.9 Å². The van der Waals surface area contributed by atoms with E-state index >= 15 is 0 Å². The Bertz CT molecular complexity index is 151. The highest BCUT2D eigenvalue weighted by atomic mass is 79.9. The Kier molecular flexibility index (Phi) is 1.07. The van der Waals surface area contributed by atoms with E-state index in [1.807, 2.05) is 0 Å². The van der Waals surface area contributed by atoms with Gasteiger partial charge in [0.1, 0.15) is 4.60 Å². The van der Waals surface area contributed by atoms with Gasteiger partial charge in [-0.3, -0.25) is 0 Å². The number of pyridine rings is 1. The molecular formula is C5H4BrN. The molecule has 1 rings (SSSR count). The largest absolute Gasteiger partial charge is 0.249 e. The zero-order valence-corrected chi connectivity index (χ0v) is 5.14. The minimum Gasteiger partial charge on any atom is -0.249 e.